The van der Waals surface area contributed by atoms with Gasteiger partial charge in [-0.3, -0.25) is 19.7 Å². The molecule has 3 amide bonds. The molecule has 34 heavy (non-hydrogen) atoms. The molecule has 0 aliphatic carbocycles. The van der Waals surface area contributed by atoms with Crippen molar-refractivity contribution in [2.24, 2.45) is 5.92 Å². The molecular weight excluding hydrogens is 454 g/mol. The second kappa shape index (κ2) is 9.68. The van der Waals surface area contributed by atoms with Crippen LogP contribution in [0.3, 0.4) is 0 Å². The van der Waals surface area contributed by atoms with Gasteiger partial charge >= 0.3 is 0 Å². The molecule has 4 rings (SSSR count). The van der Waals surface area contributed by atoms with Gasteiger partial charge in [-0.05, 0) is 55.5 Å². The van der Waals surface area contributed by atoms with E-state index in [2.05, 4.69) is 10.6 Å². The lowest BCUT2D eigenvalue weighted by atomic mass is 9.72. The number of benzene rings is 2. The van der Waals surface area contributed by atoms with E-state index >= 15 is 0 Å². The Hall–Kier alpha value is -3.04. The van der Waals surface area contributed by atoms with Gasteiger partial charge in [0.1, 0.15) is 0 Å². The standard InChI is InChI=1S/C25H29N3O5S/c1-2-25(15-12-22(29)27-24(25)31)19-8-10-20(11-9-19)26-23(30)18-13-16-28(17-14-18)34(32,33)21-6-4-3-5-7-21/h3-11,18H,2,12-17H2,1H3,(H,26,30)(H,27,29,31). The number of piperidine rings is 2. The molecule has 0 aromatic heterocycles. The number of hydrogen-bond acceptors (Lipinski definition) is 5. The third kappa shape index (κ3) is 4.63. The number of sulfonamides is 1. The molecule has 1 atom stereocenters. The fourth-order valence-corrected chi connectivity index (χ4v) is 6.27. The summed E-state index contributed by atoms with van der Waals surface area (Å²) in [5.41, 5.74) is 0.692. The predicted molar refractivity (Wildman–Crippen MR) is 127 cm³/mol. The van der Waals surface area contributed by atoms with Gasteiger partial charge in [-0.25, -0.2) is 8.42 Å². The number of hydrogen-bond donors (Lipinski definition) is 2. The minimum Gasteiger partial charge on any atom is -0.326 e. The molecule has 180 valence electrons. The summed E-state index contributed by atoms with van der Waals surface area (Å²) in [6.45, 7) is 2.51. The Morgan fingerprint density at radius 2 is 1.71 bits per heavy atom. The minimum absolute atomic E-state index is 0.143. The lowest BCUT2D eigenvalue weighted by Crippen LogP contribution is -2.51. The molecule has 2 fully saturated rings. The molecule has 1 unspecified atom stereocenters. The molecule has 0 spiro atoms. The quantitative estimate of drug-likeness (QED) is 0.614. The number of imide groups is 1. The van der Waals surface area contributed by atoms with E-state index in [0.717, 1.165) is 5.56 Å². The van der Waals surface area contributed by atoms with Crippen molar-refractivity contribution in [1.82, 2.24) is 9.62 Å². The number of amides is 3. The molecule has 0 bridgehead atoms. The summed E-state index contributed by atoms with van der Waals surface area (Å²) in [5.74, 6) is -0.949. The van der Waals surface area contributed by atoms with E-state index in [0.29, 0.717) is 50.9 Å². The number of nitrogens with one attached hydrogen (secondary N) is 2. The number of anilines is 1. The smallest absolute Gasteiger partial charge is 0.243 e. The first-order valence-corrected chi connectivity index (χ1v) is 13.0. The highest BCUT2D eigenvalue weighted by atomic mass is 32.2. The zero-order valence-electron chi connectivity index (χ0n) is 19.1. The zero-order valence-corrected chi connectivity index (χ0v) is 19.9. The lowest BCUT2D eigenvalue weighted by molar-refractivity contribution is -0.138. The van der Waals surface area contributed by atoms with Crippen molar-refractivity contribution in [3.8, 4) is 0 Å². The van der Waals surface area contributed by atoms with E-state index < -0.39 is 15.4 Å². The Kier molecular flexibility index (Phi) is 6.86. The molecule has 2 aliphatic heterocycles. The molecule has 2 aromatic carbocycles. The van der Waals surface area contributed by atoms with Crippen LogP contribution in [0.4, 0.5) is 5.69 Å². The fraction of sp³-hybridized carbons (Fsp3) is 0.400. The number of carbonyl (C=O) groups excluding carboxylic acids is 3. The first-order valence-electron chi connectivity index (χ1n) is 11.6. The average molecular weight is 484 g/mol. The molecule has 2 aliphatic rings. The summed E-state index contributed by atoms with van der Waals surface area (Å²) in [5, 5.41) is 5.35. The van der Waals surface area contributed by atoms with E-state index in [-0.39, 0.29) is 28.5 Å². The maximum absolute atomic E-state index is 12.8. The van der Waals surface area contributed by atoms with Gasteiger partial charge in [-0.1, -0.05) is 37.3 Å². The van der Waals surface area contributed by atoms with Crippen LogP contribution >= 0.6 is 0 Å². The van der Waals surface area contributed by atoms with E-state index in [1.165, 1.54) is 4.31 Å². The summed E-state index contributed by atoms with van der Waals surface area (Å²) >= 11 is 0. The van der Waals surface area contributed by atoms with E-state index in [1.807, 2.05) is 19.1 Å². The molecule has 9 heteroatoms. The van der Waals surface area contributed by atoms with E-state index in [4.69, 9.17) is 0 Å². The Morgan fingerprint density at radius 1 is 1.06 bits per heavy atom. The van der Waals surface area contributed by atoms with Gasteiger partial charge in [0, 0.05) is 31.1 Å². The van der Waals surface area contributed by atoms with Crippen LogP contribution in [-0.4, -0.2) is 43.5 Å². The first-order chi connectivity index (χ1) is 16.3. The third-order valence-electron chi connectivity index (χ3n) is 6.98. The molecule has 2 N–H and O–H groups in total. The summed E-state index contributed by atoms with van der Waals surface area (Å²) in [4.78, 5) is 37.2. The van der Waals surface area contributed by atoms with Gasteiger partial charge in [-0.2, -0.15) is 4.31 Å². The highest BCUT2D eigenvalue weighted by molar-refractivity contribution is 7.89. The van der Waals surface area contributed by atoms with Crippen molar-refractivity contribution in [1.29, 1.82) is 0 Å². The number of nitrogens with zero attached hydrogens (tertiary/aromatic N) is 1. The minimum atomic E-state index is -3.55. The van der Waals surface area contributed by atoms with E-state index in [9.17, 15) is 22.8 Å². The maximum atomic E-state index is 12.8. The topological polar surface area (TPSA) is 113 Å². The van der Waals surface area contributed by atoms with Crippen molar-refractivity contribution < 1.29 is 22.8 Å². The zero-order chi connectivity index (χ0) is 24.3. The summed E-state index contributed by atoms with van der Waals surface area (Å²) in [6.07, 6.45) is 2.23. The van der Waals surface area contributed by atoms with Crippen LogP contribution in [0.25, 0.3) is 0 Å². The molecule has 0 saturated carbocycles. The van der Waals surface area contributed by atoms with Crippen LogP contribution < -0.4 is 10.6 Å². The van der Waals surface area contributed by atoms with Crippen molar-refractivity contribution in [3.63, 3.8) is 0 Å². The normalized spacial score (nSPS) is 22.3. The van der Waals surface area contributed by atoms with Crippen LogP contribution in [0.5, 0.6) is 0 Å². The Balaban J connectivity index is 1.37. The highest BCUT2D eigenvalue weighted by Gasteiger charge is 2.42. The van der Waals surface area contributed by atoms with Gasteiger partial charge in [0.05, 0.1) is 10.3 Å². The summed E-state index contributed by atoms with van der Waals surface area (Å²) in [6, 6.07) is 15.5. The van der Waals surface area contributed by atoms with Gasteiger partial charge in [-0.15, -0.1) is 0 Å². The predicted octanol–water partition coefficient (Wildman–Crippen LogP) is 2.81. The van der Waals surface area contributed by atoms with Gasteiger partial charge in [0.15, 0.2) is 0 Å². The van der Waals surface area contributed by atoms with Crippen LogP contribution in [0.15, 0.2) is 59.5 Å². The van der Waals surface area contributed by atoms with Crippen LogP contribution in [0.2, 0.25) is 0 Å². The second-order valence-electron chi connectivity index (χ2n) is 8.87. The SMILES string of the molecule is CCC1(c2ccc(NC(=O)C3CCN(S(=O)(=O)c4ccccc4)CC3)cc2)CCC(=O)NC1=O. The molecule has 8 nitrogen and oxygen atoms in total. The summed E-state index contributed by atoms with van der Waals surface area (Å²) in [7, 11) is -3.55. The van der Waals surface area contributed by atoms with Gasteiger partial charge < -0.3 is 5.32 Å². The Bertz CT molecular complexity index is 1170. The Labute approximate surface area is 199 Å². The van der Waals surface area contributed by atoms with Crippen molar-refractivity contribution in [3.05, 3.63) is 60.2 Å². The maximum Gasteiger partial charge on any atom is 0.243 e. The van der Waals surface area contributed by atoms with Crippen LogP contribution in [0, 0.1) is 5.92 Å². The lowest BCUT2D eigenvalue weighted by Gasteiger charge is -2.35. The second-order valence-corrected chi connectivity index (χ2v) is 10.8. The number of rotatable bonds is 6. The first kappa shape index (κ1) is 24.1. The molecule has 2 saturated heterocycles. The van der Waals surface area contributed by atoms with Crippen molar-refractivity contribution >= 4 is 33.4 Å². The van der Waals surface area contributed by atoms with Crippen LogP contribution in [-0.2, 0) is 29.8 Å². The largest absolute Gasteiger partial charge is 0.326 e. The Morgan fingerprint density at radius 3 is 2.29 bits per heavy atom. The van der Waals surface area contributed by atoms with Gasteiger partial charge in [0.25, 0.3) is 0 Å². The molecule has 2 aromatic rings. The average Bonchev–Trinajstić information content (AvgIpc) is 2.86. The highest BCUT2D eigenvalue weighted by Crippen LogP contribution is 2.36. The third-order valence-corrected chi connectivity index (χ3v) is 8.89. The van der Waals surface area contributed by atoms with Crippen LogP contribution in [0.1, 0.15) is 44.6 Å². The molecule has 2 heterocycles. The van der Waals surface area contributed by atoms with Crippen molar-refractivity contribution in [2.75, 3.05) is 18.4 Å². The monoisotopic (exact) mass is 483 g/mol. The van der Waals surface area contributed by atoms with Crippen molar-refractivity contribution in [2.45, 2.75) is 49.3 Å². The molecule has 0 radical (unpaired) electrons. The van der Waals surface area contributed by atoms with Gasteiger partial charge in [0.2, 0.25) is 27.7 Å². The summed E-state index contributed by atoms with van der Waals surface area (Å²) < 4.78 is 27.0. The fourth-order valence-electron chi connectivity index (χ4n) is 4.78. The number of carbonyl (C=O) groups is 3. The molecular formula is C25H29N3O5S. The van der Waals surface area contributed by atoms with E-state index in [1.54, 1.807) is 42.5 Å².